The highest BCUT2D eigenvalue weighted by Gasteiger charge is 2.43. The molecule has 0 amide bonds. The summed E-state index contributed by atoms with van der Waals surface area (Å²) in [6, 6.07) is 11.9. The van der Waals surface area contributed by atoms with Crippen molar-refractivity contribution in [3.8, 4) is 17.0 Å². The number of carboxylic acid groups (broad SMARTS) is 1. The zero-order valence-corrected chi connectivity index (χ0v) is 23.8. The Hall–Kier alpha value is -3.66. The molecule has 9 nitrogen and oxygen atoms in total. The molecular weight excluding hydrogens is 591 g/mol. The number of nitrogens with zero attached hydrogens (tertiary/aromatic N) is 4. The second-order valence-electron chi connectivity index (χ2n) is 10.2. The molecule has 1 N–H and O–H groups in total. The first-order valence-electron chi connectivity index (χ1n) is 12.9. The van der Waals surface area contributed by atoms with Crippen LogP contribution in [0, 0.1) is 4.91 Å². The molecule has 2 aromatic heterocycles. The molecule has 1 atom stereocenters. The Morgan fingerprint density at radius 1 is 1.12 bits per heavy atom. The largest absolute Gasteiger partial charge is 0.489 e. The Morgan fingerprint density at radius 3 is 2.59 bits per heavy atom. The summed E-state index contributed by atoms with van der Waals surface area (Å²) in [6.45, 7) is 0.865. The van der Waals surface area contributed by atoms with Crippen molar-refractivity contribution in [3.05, 3.63) is 97.3 Å². The molecule has 1 aliphatic heterocycles. The van der Waals surface area contributed by atoms with Crippen LogP contribution in [0.3, 0.4) is 0 Å². The molecule has 2 fully saturated rings. The number of halogens is 3. The van der Waals surface area contributed by atoms with Crippen molar-refractivity contribution >= 4 is 46.5 Å². The van der Waals surface area contributed by atoms with Crippen molar-refractivity contribution in [3.63, 3.8) is 0 Å². The highest BCUT2D eigenvalue weighted by molar-refractivity contribution is 6.39. The van der Waals surface area contributed by atoms with Crippen LogP contribution in [-0.2, 0) is 12.1 Å². The zero-order valence-electron chi connectivity index (χ0n) is 21.5. The van der Waals surface area contributed by atoms with Gasteiger partial charge >= 0.3 is 5.97 Å². The minimum atomic E-state index is -1.11. The maximum absolute atomic E-state index is 12.2. The molecule has 0 bridgehead atoms. The molecular formula is C29H23Cl3N4O5. The van der Waals surface area contributed by atoms with E-state index in [1.54, 1.807) is 42.6 Å². The lowest BCUT2D eigenvalue weighted by molar-refractivity contribution is 0.0696. The number of hydrogen-bond acceptors (Lipinski definition) is 8. The summed E-state index contributed by atoms with van der Waals surface area (Å²) < 4.78 is 11.9. The maximum atomic E-state index is 12.2. The number of carboxylic acids is 1. The monoisotopic (exact) mass is 612 g/mol. The minimum Gasteiger partial charge on any atom is -0.489 e. The topological polar surface area (TPSA) is 118 Å². The number of aromatic carboxylic acids is 1. The van der Waals surface area contributed by atoms with Crippen LogP contribution in [-0.4, -0.2) is 34.3 Å². The summed E-state index contributed by atoms with van der Waals surface area (Å²) in [7, 11) is 0. The van der Waals surface area contributed by atoms with E-state index in [0.29, 0.717) is 56.3 Å². The smallest absolute Gasteiger partial charge is 0.337 e. The quantitative estimate of drug-likeness (QED) is 0.191. The summed E-state index contributed by atoms with van der Waals surface area (Å²) in [5.74, 6) is 0.453. The Morgan fingerprint density at radius 2 is 1.90 bits per heavy atom. The fourth-order valence-corrected chi connectivity index (χ4v) is 6.16. The first-order valence-corrected chi connectivity index (χ1v) is 14.1. The standard InChI is InChI=1S/C29H23Cl3N4O5/c30-22-2-1-3-23(31)25(22)26-20(27(41-34-26)16-4-5-16)14-40-19-6-7-21(24(32)11-19)29(35-39)8-9-36(15-29)18-10-17(28(37)38)12-33-13-18/h1-3,6-7,10-13,16H,4-5,8-9,14-15H2,(H,37,38). The lowest BCUT2D eigenvalue weighted by Crippen LogP contribution is -2.29. The van der Waals surface area contributed by atoms with Crippen molar-refractivity contribution in [2.24, 2.45) is 5.18 Å². The van der Waals surface area contributed by atoms with Gasteiger partial charge in [-0.2, -0.15) is 0 Å². The van der Waals surface area contributed by atoms with Crippen molar-refractivity contribution in [1.29, 1.82) is 0 Å². The summed E-state index contributed by atoms with van der Waals surface area (Å²) in [5.41, 5.74) is 2.03. The number of carbonyl (C=O) groups is 1. The lowest BCUT2D eigenvalue weighted by atomic mass is 9.90. The normalized spacial score (nSPS) is 18.5. The summed E-state index contributed by atoms with van der Waals surface area (Å²) in [6.07, 6.45) is 5.26. The fourth-order valence-electron chi connectivity index (χ4n) is 5.24. The first-order chi connectivity index (χ1) is 19.8. The van der Waals surface area contributed by atoms with Gasteiger partial charge in [-0.1, -0.05) is 57.3 Å². The molecule has 2 aromatic carbocycles. The van der Waals surface area contributed by atoms with Gasteiger partial charge in [-0.3, -0.25) is 4.98 Å². The Bertz CT molecular complexity index is 1640. The van der Waals surface area contributed by atoms with Gasteiger partial charge in [0.25, 0.3) is 0 Å². The molecule has 1 unspecified atom stereocenters. The van der Waals surface area contributed by atoms with E-state index in [1.165, 1.54) is 12.3 Å². The van der Waals surface area contributed by atoms with Gasteiger partial charge in [0.15, 0.2) is 0 Å². The Labute approximate surface area is 249 Å². The van der Waals surface area contributed by atoms with Crippen LogP contribution < -0.4 is 9.64 Å². The van der Waals surface area contributed by atoms with Crippen molar-refractivity contribution in [2.75, 3.05) is 18.0 Å². The van der Waals surface area contributed by atoms with Gasteiger partial charge in [-0.15, -0.1) is 4.91 Å². The van der Waals surface area contributed by atoms with Gasteiger partial charge in [-0.05, 0) is 49.6 Å². The number of pyridine rings is 1. The van der Waals surface area contributed by atoms with Gasteiger partial charge < -0.3 is 19.3 Å². The predicted octanol–water partition coefficient (Wildman–Crippen LogP) is 7.72. The predicted molar refractivity (Wildman–Crippen MR) is 155 cm³/mol. The van der Waals surface area contributed by atoms with Crippen molar-refractivity contribution in [2.45, 2.75) is 37.3 Å². The van der Waals surface area contributed by atoms with E-state index in [0.717, 1.165) is 24.2 Å². The van der Waals surface area contributed by atoms with Gasteiger partial charge in [0.2, 0.25) is 0 Å². The zero-order chi connectivity index (χ0) is 28.7. The maximum Gasteiger partial charge on any atom is 0.337 e. The van der Waals surface area contributed by atoms with E-state index in [-0.39, 0.29) is 24.6 Å². The van der Waals surface area contributed by atoms with Crippen LogP contribution in [0.2, 0.25) is 15.1 Å². The number of nitroso groups, excluding NO2 is 1. The summed E-state index contributed by atoms with van der Waals surface area (Å²) >= 11 is 19.6. The molecule has 1 saturated heterocycles. The van der Waals surface area contributed by atoms with Crippen LogP contribution in [0.1, 0.15) is 52.4 Å². The van der Waals surface area contributed by atoms with Crippen molar-refractivity contribution in [1.82, 2.24) is 10.1 Å². The summed E-state index contributed by atoms with van der Waals surface area (Å²) in [5, 5.41) is 18.4. The molecule has 0 spiro atoms. The van der Waals surface area contributed by atoms with E-state index < -0.39 is 11.5 Å². The number of anilines is 1. The first kappa shape index (κ1) is 27.5. The average molecular weight is 614 g/mol. The fraction of sp³-hybridized carbons (Fsp3) is 0.276. The average Bonchev–Trinajstić information content (AvgIpc) is 3.58. The highest BCUT2D eigenvalue weighted by atomic mass is 35.5. The minimum absolute atomic E-state index is 0.0660. The summed E-state index contributed by atoms with van der Waals surface area (Å²) in [4.78, 5) is 29.5. The van der Waals surface area contributed by atoms with Gasteiger partial charge in [-0.25, -0.2) is 4.79 Å². The molecule has 12 heteroatoms. The molecule has 210 valence electrons. The molecule has 4 aromatic rings. The molecule has 6 rings (SSSR count). The highest BCUT2D eigenvalue weighted by Crippen LogP contribution is 2.46. The van der Waals surface area contributed by atoms with Gasteiger partial charge in [0.05, 0.1) is 44.6 Å². The van der Waals surface area contributed by atoms with Crippen LogP contribution in [0.15, 0.2) is 64.6 Å². The third kappa shape index (κ3) is 5.25. The Balaban J connectivity index is 1.23. The molecule has 3 heterocycles. The second-order valence-corrected chi connectivity index (χ2v) is 11.4. The molecule has 41 heavy (non-hydrogen) atoms. The van der Waals surface area contributed by atoms with Crippen LogP contribution in [0.5, 0.6) is 5.75 Å². The van der Waals surface area contributed by atoms with Gasteiger partial charge in [0.1, 0.15) is 29.3 Å². The molecule has 2 aliphatic rings. The molecule has 1 aliphatic carbocycles. The van der Waals surface area contributed by atoms with Crippen molar-refractivity contribution < 1.29 is 19.2 Å². The van der Waals surface area contributed by atoms with E-state index in [2.05, 4.69) is 15.3 Å². The second kappa shape index (κ2) is 11.0. The van der Waals surface area contributed by atoms with E-state index in [9.17, 15) is 14.8 Å². The number of hydrogen-bond donors (Lipinski definition) is 1. The molecule has 0 radical (unpaired) electrons. The van der Waals surface area contributed by atoms with E-state index in [1.807, 2.05) is 4.90 Å². The third-order valence-corrected chi connectivity index (χ3v) is 8.49. The van der Waals surface area contributed by atoms with E-state index >= 15 is 0 Å². The third-order valence-electron chi connectivity index (χ3n) is 7.55. The lowest BCUT2D eigenvalue weighted by Gasteiger charge is -2.24. The van der Waals surface area contributed by atoms with E-state index in [4.69, 9.17) is 44.1 Å². The molecule has 1 saturated carbocycles. The van der Waals surface area contributed by atoms with Gasteiger partial charge in [0, 0.05) is 29.8 Å². The number of ether oxygens (including phenoxy) is 1. The Kier molecular flexibility index (Phi) is 7.36. The number of aromatic nitrogens is 2. The number of benzene rings is 2. The van der Waals surface area contributed by atoms with Crippen LogP contribution >= 0.6 is 34.8 Å². The SMILES string of the molecule is O=NC1(c2ccc(OCc3c(-c4c(Cl)cccc4Cl)noc3C3CC3)cc2Cl)CCN(c2cncc(C(=O)O)c2)C1. The van der Waals surface area contributed by atoms with Crippen LogP contribution in [0.25, 0.3) is 11.3 Å². The number of rotatable bonds is 9. The van der Waals surface area contributed by atoms with Crippen LogP contribution in [0.4, 0.5) is 5.69 Å².